The highest BCUT2D eigenvalue weighted by atomic mass is 16.3. The van der Waals surface area contributed by atoms with Crippen LogP contribution >= 0.6 is 0 Å². The molecule has 1 aromatic heterocycles. The predicted molar refractivity (Wildman–Crippen MR) is 75.7 cm³/mol. The normalized spacial score (nSPS) is 21.1. The van der Waals surface area contributed by atoms with Crippen LogP contribution in [0.1, 0.15) is 76.3 Å². The molecule has 2 atom stereocenters. The first-order valence-electron chi connectivity index (χ1n) is 7.47. The van der Waals surface area contributed by atoms with E-state index in [9.17, 15) is 5.11 Å². The van der Waals surface area contributed by atoms with Crippen LogP contribution in [0.4, 0.5) is 0 Å². The van der Waals surface area contributed by atoms with Gasteiger partial charge in [0.2, 0.25) is 0 Å². The van der Waals surface area contributed by atoms with Crippen molar-refractivity contribution in [3.63, 3.8) is 0 Å². The molecule has 2 heteroatoms. The first-order valence-corrected chi connectivity index (χ1v) is 7.47. The molecule has 2 rings (SSSR count). The first-order chi connectivity index (χ1) is 8.59. The lowest BCUT2D eigenvalue weighted by Gasteiger charge is -2.23. The van der Waals surface area contributed by atoms with E-state index in [4.69, 9.17) is 0 Å². The fraction of sp³-hybridized carbons (Fsp3) is 0.750. The zero-order valence-electron chi connectivity index (χ0n) is 12.0. The number of rotatable bonds is 5. The summed E-state index contributed by atoms with van der Waals surface area (Å²) in [5, 5.41) is 9.99. The van der Waals surface area contributed by atoms with Gasteiger partial charge in [-0.25, -0.2) is 0 Å². The Morgan fingerprint density at radius 3 is 2.83 bits per heavy atom. The summed E-state index contributed by atoms with van der Waals surface area (Å²) in [4.78, 5) is 0. The van der Waals surface area contributed by atoms with Crippen molar-refractivity contribution in [2.24, 2.45) is 5.92 Å². The second kappa shape index (κ2) is 5.92. The molecule has 0 amide bonds. The van der Waals surface area contributed by atoms with Crippen molar-refractivity contribution in [2.75, 3.05) is 0 Å². The van der Waals surface area contributed by atoms with Crippen LogP contribution in [-0.4, -0.2) is 9.67 Å². The number of aliphatic hydroxyl groups is 1. The molecule has 2 nitrogen and oxygen atoms in total. The number of hydrogen-bond donors (Lipinski definition) is 1. The molecule has 0 radical (unpaired) electrons. The third-order valence-corrected chi connectivity index (χ3v) is 4.19. The lowest BCUT2D eigenvalue weighted by Crippen LogP contribution is -2.14. The Kier molecular flexibility index (Phi) is 4.50. The maximum atomic E-state index is 9.99. The molecule has 0 saturated heterocycles. The number of nitrogens with zero attached hydrogens (tertiary/aromatic N) is 1. The number of fused-ring (bicyclic) bond motifs is 1. The van der Waals surface area contributed by atoms with Gasteiger partial charge in [0.1, 0.15) is 0 Å². The van der Waals surface area contributed by atoms with E-state index in [1.54, 1.807) is 0 Å². The van der Waals surface area contributed by atoms with Gasteiger partial charge in [-0.2, -0.15) is 0 Å². The van der Waals surface area contributed by atoms with Gasteiger partial charge in [-0.3, -0.25) is 0 Å². The zero-order chi connectivity index (χ0) is 13.1. The van der Waals surface area contributed by atoms with Gasteiger partial charge in [0.05, 0.1) is 6.10 Å². The molecule has 0 saturated carbocycles. The summed E-state index contributed by atoms with van der Waals surface area (Å²) >= 11 is 0. The molecule has 0 aliphatic heterocycles. The highest BCUT2D eigenvalue weighted by molar-refractivity contribution is 5.27. The van der Waals surface area contributed by atoms with Crippen LogP contribution in [0.3, 0.4) is 0 Å². The van der Waals surface area contributed by atoms with Gasteiger partial charge in [-0.1, -0.05) is 26.7 Å². The van der Waals surface area contributed by atoms with Crippen molar-refractivity contribution < 1.29 is 5.11 Å². The number of aromatic nitrogens is 1. The molecule has 102 valence electrons. The monoisotopic (exact) mass is 249 g/mol. The maximum Gasteiger partial charge on any atom is 0.0807 e. The summed E-state index contributed by atoms with van der Waals surface area (Å²) in [5.74, 6) is 0.803. The van der Waals surface area contributed by atoms with Gasteiger partial charge >= 0.3 is 0 Å². The average molecular weight is 249 g/mol. The van der Waals surface area contributed by atoms with Gasteiger partial charge < -0.3 is 9.67 Å². The average Bonchev–Trinajstić information content (AvgIpc) is 2.73. The van der Waals surface area contributed by atoms with Gasteiger partial charge in [-0.05, 0) is 44.6 Å². The van der Waals surface area contributed by atoms with Crippen LogP contribution in [0.15, 0.2) is 12.3 Å². The molecule has 18 heavy (non-hydrogen) atoms. The molecule has 1 aliphatic rings. The molecule has 0 aromatic carbocycles. The van der Waals surface area contributed by atoms with Crippen molar-refractivity contribution >= 4 is 0 Å². The van der Waals surface area contributed by atoms with Crippen molar-refractivity contribution in [3.8, 4) is 0 Å². The summed E-state index contributed by atoms with van der Waals surface area (Å²) in [7, 11) is 0. The predicted octanol–water partition coefficient (Wildman–Crippen LogP) is 4.25. The van der Waals surface area contributed by atoms with Crippen LogP contribution in [0, 0.1) is 5.92 Å². The molecular formula is C16H27NO. The lowest BCUT2D eigenvalue weighted by atomic mass is 9.95. The Hall–Kier alpha value is -0.760. The molecular weight excluding hydrogens is 222 g/mol. The number of hydrogen-bond acceptors (Lipinski definition) is 1. The topological polar surface area (TPSA) is 25.2 Å². The van der Waals surface area contributed by atoms with E-state index in [1.807, 2.05) is 0 Å². The standard InChI is InChI=1S/C16H27NO/c1-12(2)6-4-7-13(3)17-11-10-14-15(17)8-5-9-16(14)18/h10-13,16,18H,4-9H2,1-3H3. The Balaban J connectivity index is 2.00. The first kappa shape index (κ1) is 13.7. The molecule has 1 aromatic rings. The summed E-state index contributed by atoms with van der Waals surface area (Å²) < 4.78 is 2.40. The molecule has 1 aliphatic carbocycles. The van der Waals surface area contributed by atoms with Gasteiger partial charge in [0.15, 0.2) is 0 Å². The zero-order valence-corrected chi connectivity index (χ0v) is 12.0. The van der Waals surface area contributed by atoms with Crippen LogP contribution < -0.4 is 0 Å². The number of aliphatic hydroxyl groups excluding tert-OH is 1. The molecule has 0 bridgehead atoms. The quantitative estimate of drug-likeness (QED) is 0.829. The van der Waals surface area contributed by atoms with Crippen LogP contribution in [0.25, 0.3) is 0 Å². The van der Waals surface area contributed by atoms with Gasteiger partial charge in [0.25, 0.3) is 0 Å². The second-order valence-electron chi connectivity index (χ2n) is 6.21. The minimum Gasteiger partial charge on any atom is -0.388 e. The Bertz CT molecular complexity index is 380. The largest absolute Gasteiger partial charge is 0.388 e. The fourth-order valence-electron chi connectivity index (χ4n) is 3.06. The Labute approximate surface area is 111 Å². The summed E-state index contributed by atoms with van der Waals surface area (Å²) in [5.41, 5.74) is 2.56. The van der Waals surface area contributed by atoms with E-state index in [0.29, 0.717) is 6.04 Å². The SMILES string of the molecule is CC(C)CCCC(C)n1ccc2c1CCCC2O. The van der Waals surface area contributed by atoms with Gasteiger partial charge in [-0.15, -0.1) is 0 Å². The summed E-state index contributed by atoms with van der Waals surface area (Å²) in [6.07, 6.45) is 9.00. The fourth-order valence-corrected chi connectivity index (χ4v) is 3.06. The highest BCUT2D eigenvalue weighted by Gasteiger charge is 2.22. The molecule has 0 spiro atoms. The van der Waals surface area contributed by atoms with Crippen LogP contribution in [0.5, 0.6) is 0 Å². The third kappa shape index (κ3) is 2.97. The Morgan fingerprint density at radius 2 is 2.11 bits per heavy atom. The third-order valence-electron chi connectivity index (χ3n) is 4.19. The van der Waals surface area contributed by atoms with E-state index in [-0.39, 0.29) is 6.10 Å². The van der Waals surface area contributed by atoms with E-state index in [2.05, 4.69) is 37.6 Å². The molecule has 1 N–H and O–H groups in total. The van der Waals surface area contributed by atoms with Crippen molar-refractivity contribution in [3.05, 3.63) is 23.5 Å². The maximum absolute atomic E-state index is 9.99. The van der Waals surface area contributed by atoms with E-state index >= 15 is 0 Å². The van der Waals surface area contributed by atoms with E-state index in [0.717, 1.165) is 25.2 Å². The van der Waals surface area contributed by atoms with Crippen LogP contribution in [0.2, 0.25) is 0 Å². The van der Waals surface area contributed by atoms with E-state index in [1.165, 1.54) is 30.5 Å². The minimum absolute atomic E-state index is 0.224. The molecule has 2 unspecified atom stereocenters. The van der Waals surface area contributed by atoms with Crippen LogP contribution in [-0.2, 0) is 6.42 Å². The Morgan fingerprint density at radius 1 is 1.33 bits per heavy atom. The van der Waals surface area contributed by atoms with Crippen molar-refractivity contribution in [1.82, 2.24) is 4.57 Å². The van der Waals surface area contributed by atoms with Gasteiger partial charge in [0, 0.05) is 23.5 Å². The molecule has 0 fully saturated rings. The smallest absolute Gasteiger partial charge is 0.0807 e. The van der Waals surface area contributed by atoms with Crippen molar-refractivity contribution in [1.29, 1.82) is 0 Å². The highest BCUT2D eigenvalue weighted by Crippen LogP contribution is 2.32. The van der Waals surface area contributed by atoms with Crippen molar-refractivity contribution in [2.45, 2.75) is 71.4 Å². The second-order valence-corrected chi connectivity index (χ2v) is 6.21. The summed E-state index contributed by atoms with van der Waals surface area (Å²) in [6.45, 7) is 6.89. The lowest BCUT2D eigenvalue weighted by molar-refractivity contribution is 0.155. The summed E-state index contributed by atoms with van der Waals surface area (Å²) in [6, 6.07) is 2.69. The minimum atomic E-state index is -0.224. The molecule has 1 heterocycles. The van der Waals surface area contributed by atoms with E-state index < -0.39 is 0 Å².